The molecule has 0 atom stereocenters. The Hall–Kier alpha value is -2.11. The van der Waals surface area contributed by atoms with Crippen molar-refractivity contribution in [2.75, 3.05) is 5.32 Å². The first-order chi connectivity index (χ1) is 9.97. The minimum Gasteiger partial charge on any atom is -0.361 e. The van der Waals surface area contributed by atoms with Crippen LogP contribution in [0.25, 0.3) is 0 Å². The third-order valence-corrected chi connectivity index (χ3v) is 3.31. The Morgan fingerprint density at radius 1 is 1.43 bits per heavy atom. The maximum atomic E-state index is 12.1. The van der Waals surface area contributed by atoms with Crippen LogP contribution in [0.4, 0.5) is 5.95 Å². The number of rotatable bonds is 6. The normalized spacial score (nSPS) is 11.1. The van der Waals surface area contributed by atoms with Gasteiger partial charge in [-0.3, -0.25) is 10.1 Å². The Bertz CT molecular complexity index is 593. The van der Waals surface area contributed by atoms with Gasteiger partial charge in [0.05, 0.1) is 5.69 Å². The number of hydrogen-bond donors (Lipinski definition) is 1. The maximum absolute atomic E-state index is 12.1. The lowest BCUT2D eigenvalue weighted by Gasteiger charge is -2.10. The number of amides is 1. The number of imidazole rings is 1. The number of aryl methyl sites for hydroxylation is 2. The van der Waals surface area contributed by atoms with Crippen molar-refractivity contribution in [2.45, 2.75) is 47.1 Å². The molecule has 0 saturated heterocycles. The van der Waals surface area contributed by atoms with Crippen LogP contribution in [-0.2, 0) is 17.8 Å². The first-order valence-electron chi connectivity index (χ1n) is 7.20. The maximum Gasteiger partial charge on any atom is 0.227 e. The van der Waals surface area contributed by atoms with Gasteiger partial charge in [0.25, 0.3) is 0 Å². The molecule has 2 aromatic rings. The monoisotopic (exact) mass is 290 g/mol. The van der Waals surface area contributed by atoms with Gasteiger partial charge in [-0.25, -0.2) is 4.98 Å². The van der Waals surface area contributed by atoms with Gasteiger partial charge in [-0.1, -0.05) is 19.0 Å². The van der Waals surface area contributed by atoms with Crippen LogP contribution < -0.4 is 5.32 Å². The van der Waals surface area contributed by atoms with Crippen LogP contribution in [0.1, 0.15) is 37.3 Å². The summed E-state index contributed by atoms with van der Waals surface area (Å²) in [6, 6.07) is 0. The van der Waals surface area contributed by atoms with Crippen molar-refractivity contribution in [1.29, 1.82) is 0 Å². The standard InChI is InChI=1S/C15H22N4O2/c1-10(2)9-19-8-7-16-15(19)17-14(20)6-5-13-11(3)18-21-12(13)4/h7-8,10H,5-6,9H2,1-4H3,(H,16,17,20). The Morgan fingerprint density at radius 2 is 2.19 bits per heavy atom. The van der Waals surface area contributed by atoms with Crippen LogP contribution in [0.2, 0.25) is 0 Å². The molecule has 0 aliphatic rings. The van der Waals surface area contributed by atoms with E-state index in [9.17, 15) is 4.79 Å². The summed E-state index contributed by atoms with van der Waals surface area (Å²) < 4.78 is 7.05. The van der Waals surface area contributed by atoms with Crippen LogP contribution >= 0.6 is 0 Å². The fourth-order valence-corrected chi connectivity index (χ4v) is 2.26. The first kappa shape index (κ1) is 15.3. The molecule has 2 rings (SSSR count). The van der Waals surface area contributed by atoms with Crippen LogP contribution in [0.5, 0.6) is 0 Å². The van der Waals surface area contributed by atoms with Crippen molar-refractivity contribution in [3.8, 4) is 0 Å². The van der Waals surface area contributed by atoms with Gasteiger partial charge in [-0.05, 0) is 26.2 Å². The van der Waals surface area contributed by atoms with E-state index < -0.39 is 0 Å². The quantitative estimate of drug-likeness (QED) is 0.887. The van der Waals surface area contributed by atoms with Gasteiger partial charge >= 0.3 is 0 Å². The summed E-state index contributed by atoms with van der Waals surface area (Å²) in [6.07, 6.45) is 4.59. The number of carbonyl (C=O) groups is 1. The SMILES string of the molecule is Cc1noc(C)c1CCC(=O)Nc1nccn1CC(C)C. The van der Waals surface area contributed by atoms with Gasteiger partial charge in [0, 0.05) is 30.9 Å². The van der Waals surface area contributed by atoms with Gasteiger partial charge in [0.2, 0.25) is 11.9 Å². The van der Waals surface area contributed by atoms with E-state index in [4.69, 9.17) is 4.52 Å². The number of nitrogens with one attached hydrogen (secondary N) is 1. The summed E-state index contributed by atoms with van der Waals surface area (Å²) in [6.45, 7) is 8.84. The first-order valence-corrected chi connectivity index (χ1v) is 7.20. The molecule has 0 bridgehead atoms. The van der Waals surface area contributed by atoms with Gasteiger partial charge in [0.15, 0.2) is 0 Å². The van der Waals surface area contributed by atoms with Crippen molar-refractivity contribution in [2.24, 2.45) is 5.92 Å². The van der Waals surface area contributed by atoms with Crippen LogP contribution in [-0.4, -0.2) is 20.6 Å². The fourth-order valence-electron chi connectivity index (χ4n) is 2.26. The summed E-state index contributed by atoms with van der Waals surface area (Å²) in [5.41, 5.74) is 1.86. The van der Waals surface area contributed by atoms with E-state index >= 15 is 0 Å². The topological polar surface area (TPSA) is 73.0 Å². The van der Waals surface area contributed by atoms with Crippen LogP contribution in [0.15, 0.2) is 16.9 Å². The Kier molecular flexibility index (Phi) is 4.77. The summed E-state index contributed by atoms with van der Waals surface area (Å²) in [5.74, 6) is 1.83. The molecule has 6 heteroatoms. The summed E-state index contributed by atoms with van der Waals surface area (Å²) in [7, 11) is 0. The van der Waals surface area contributed by atoms with E-state index in [-0.39, 0.29) is 5.91 Å². The van der Waals surface area contributed by atoms with E-state index in [1.54, 1.807) is 6.20 Å². The predicted octanol–water partition coefficient (Wildman–Crippen LogP) is 2.72. The summed E-state index contributed by atoms with van der Waals surface area (Å²) in [5, 5.41) is 6.75. The molecule has 1 amide bonds. The number of nitrogens with zero attached hydrogens (tertiary/aromatic N) is 3. The molecule has 0 aliphatic heterocycles. The molecular weight excluding hydrogens is 268 g/mol. The summed E-state index contributed by atoms with van der Waals surface area (Å²) >= 11 is 0. The average Bonchev–Trinajstić information content (AvgIpc) is 2.95. The van der Waals surface area contributed by atoms with E-state index in [1.807, 2.05) is 24.6 Å². The number of anilines is 1. The van der Waals surface area contributed by atoms with Crippen molar-refractivity contribution in [1.82, 2.24) is 14.7 Å². The zero-order chi connectivity index (χ0) is 15.4. The lowest BCUT2D eigenvalue weighted by molar-refractivity contribution is -0.116. The highest BCUT2D eigenvalue weighted by Gasteiger charge is 2.13. The second-order valence-electron chi connectivity index (χ2n) is 5.65. The second kappa shape index (κ2) is 6.56. The van der Waals surface area contributed by atoms with E-state index in [2.05, 4.69) is 29.3 Å². The number of carbonyl (C=O) groups excluding carboxylic acids is 1. The van der Waals surface area contributed by atoms with Gasteiger partial charge in [-0.15, -0.1) is 0 Å². The highest BCUT2D eigenvalue weighted by molar-refractivity contribution is 5.89. The minimum atomic E-state index is -0.0498. The van der Waals surface area contributed by atoms with Crippen molar-refractivity contribution in [3.63, 3.8) is 0 Å². The minimum absolute atomic E-state index is 0.0498. The molecule has 114 valence electrons. The van der Waals surface area contributed by atoms with Crippen molar-refractivity contribution in [3.05, 3.63) is 29.4 Å². The van der Waals surface area contributed by atoms with Crippen molar-refractivity contribution < 1.29 is 9.32 Å². The molecule has 2 heterocycles. The lowest BCUT2D eigenvalue weighted by atomic mass is 10.1. The molecule has 2 aromatic heterocycles. The largest absolute Gasteiger partial charge is 0.361 e. The molecule has 0 aliphatic carbocycles. The highest BCUT2D eigenvalue weighted by Crippen LogP contribution is 2.15. The molecule has 0 aromatic carbocycles. The molecule has 0 radical (unpaired) electrons. The molecule has 6 nitrogen and oxygen atoms in total. The Labute approximate surface area is 124 Å². The van der Waals surface area contributed by atoms with Crippen molar-refractivity contribution >= 4 is 11.9 Å². The Morgan fingerprint density at radius 3 is 2.81 bits per heavy atom. The zero-order valence-corrected chi connectivity index (χ0v) is 13.0. The third-order valence-electron chi connectivity index (χ3n) is 3.31. The molecule has 0 fully saturated rings. The lowest BCUT2D eigenvalue weighted by Crippen LogP contribution is -2.17. The molecule has 1 N–H and O–H groups in total. The molecule has 0 saturated carbocycles. The predicted molar refractivity (Wildman–Crippen MR) is 80.0 cm³/mol. The van der Waals surface area contributed by atoms with E-state index in [0.717, 1.165) is 23.6 Å². The second-order valence-corrected chi connectivity index (χ2v) is 5.65. The highest BCUT2D eigenvalue weighted by atomic mass is 16.5. The number of hydrogen-bond acceptors (Lipinski definition) is 4. The van der Waals surface area contributed by atoms with Crippen LogP contribution in [0, 0.1) is 19.8 Å². The Balaban J connectivity index is 1.92. The van der Waals surface area contributed by atoms with Crippen LogP contribution in [0.3, 0.4) is 0 Å². The molecule has 21 heavy (non-hydrogen) atoms. The zero-order valence-electron chi connectivity index (χ0n) is 13.0. The van der Waals surface area contributed by atoms with E-state index in [0.29, 0.717) is 24.7 Å². The summed E-state index contributed by atoms with van der Waals surface area (Å²) in [4.78, 5) is 16.2. The van der Waals surface area contributed by atoms with E-state index in [1.165, 1.54) is 0 Å². The van der Waals surface area contributed by atoms with Gasteiger partial charge in [0.1, 0.15) is 5.76 Å². The fraction of sp³-hybridized carbons (Fsp3) is 0.533. The molecular formula is C15H22N4O2. The third kappa shape index (κ3) is 3.93. The van der Waals surface area contributed by atoms with Gasteiger partial charge in [-0.2, -0.15) is 0 Å². The average molecular weight is 290 g/mol. The molecule has 0 spiro atoms. The molecule has 0 unspecified atom stereocenters. The van der Waals surface area contributed by atoms with Gasteiger partial charge < -0.3 is 9.09 Å². The number of aromatic nitrogens is 3. The smallest absolute Gasteiger partial charge is 0.227 e.